The Morgan fingerprint density at radius 3 is 2.68 bits per heavy atom. The molecule has 0 N–H and O–H groups in total. The van der Waals surface area contributed by atoms with E-state index in [0.717, 1.165) is 19.1 Å². The van der Waals surface area contributed by atoms with E-state index in [2.05, 4.69) is 0 Å². The predicted molar refractivity (Wildman–Crippen MR) is 76.9 cm³/mol. The van der Waals surface area contributed by atoms with Gasteiger partial charge in [0.15, 0.2) is 6.29 Å². The molecule has 3 aliphatic heterocycles. The van der Waals surface area contributed by atoms with Crippen LogP contribution in [-0.4, -0.2) is 64.7 Å². The largest absolute Gasteiger partial charge is 0.369 e. The van der Waals surface area contributed by atoms with Gasteiger partial charge < -0.3 is 18.9 Å². The van der Waals surface area contributed by atoms with Crippen LogP contribution in [0.2, 0.25) is 0 Å². The van der Waals surface area contributed by atoms with E-state index in [4.69, 9.17) is 23.1 Å². The van der Waals surface area contributed by atoms with Gasteiger partial charge in [-0.05, 0) is 32.6 Å². The Bertz CT molecular complexity index is 501. The zero-order chi connectivity index (χ0) is 15.8. The highest BCUT2D eigenvalue weighted by Crippen LogP contribution is 2.47. The van der Waals surface area contributed by atoms with Crippen molar-refractivity contribution in [1.29, 1.82) is 0 Å². The molecule has 0 aromatic rings. The minimum atomic E-state index is -3.38. The number of hydrogen-bond acceptors (Lipinski definition) is 7. The minimum Gasteiger partial charge on any atom is -0.369 e. The van der Waals surface area contributed by atoms with Gasteiger partial charge in [-0.15, -0.1) is 0 Å². The van der Waals surface area contributed by atoms with Gasteiger partial charge in [-0.2, -0.15) is 8.42 Å². The Morgan fingerprint density at radius 2 is 2.00 bits per heavy atom. The zero-order valence-corrected chi connectivity index (χ0v) is 13.9. The normalized spacial score (nSPS) is 39.5. The van der Waals surface area contributed by atoms with Crippen LogP contribution < -0.4 is 0 Å². The lowest BCUT2D eigenvalue weighted by atomic mass is 9.91. The third-order valence-corrected chi connectivity index (χ3v) is 5.30. The molecule has 3 unspecified atom stereocenters. The molecule has 0 amide bonds. The molecule has 3 atom stereocenters. The minimum absolute atomic E-state index is 0.0210. The molecule has 3 aliphatic rings. The Kier molecular flexibility index (Phi) is 4.52. The van der Waals surface area contributed by atoms with E-state index in [1.54, 1.807) is 0 Å². The maximum Gasteiger partial charge on any atom is 0.264 e. The summed E-state index contributed by atoms with van der Waals surface area (Å²) in [5.74, 6) is 0. The first-order valence-electron chi connectivity index (χ1n) is 7.72. The summed E-state index contributed by atoms with van der Waals surface area (Å²) in [7, 11) is -3.38. The molecule has 0 aliphatic carbocycles. The van der Waals surface area contributed by atoms with Crippen LogP contribution in [0.4, 0.5) is 0 Å². The molecular weight excluding hydrogens is 312 g/mol. The smallest absolute Gasteiger partial charge is 0.264 e. The van der Waals surface area contributed by atoms with Crippen molar-refractivity contribution in [3.8, 4) is 0 Å². The summed E-state index contributed by atoms with van der Waals surface area (Å²) in [6, 6.07) is 0. The fraction of sp³-hybridized carbons (Fsp3) is 1.00. The van der Waals surface area contributed by atoms with E-state index in [1.807, 2.05) is 6.92 Å². The summed E-state index contributed by atoms with van der Waals surface area (Å²) in [5, 5.41) is 0. The summed E-state index contributed by atoms with van der Waals surface area (Å²) in [6.07, 6.45) is 3.75. The Hall–Kier alpha value is -0.250. The monoisotopic (exact) mass is 336 g/mol. The highest BCUT2D eigenvalue weighted by atomic mass is 32.2. The van der Waals surface area contributed by atoms with Gasteiger partial charge in [-0.1, -0.05) is 0 Å². The Labute approximate surface area is 131 Å². The highest BCUT2D eigenvalue weighted by molar-refractivity contribution is 7.85. The van der Waals surface area contributed by atoms with E-state index in [9.17, 15) is 8.42 Å². The number of ether oxygens (including phenoxy) is 4. The first-order chi connectivity index (χ1) is 10.3. The highest BCUT2D eigenvalue weighted by Gasteiger charge is 2.58. The van der Waals surface area contributed by atoms with E-state index in [0.29, 0.717) is 32.7 Å². The van der Waals surface area contributed by atoms with E-state index in [1.165, 1.54) is 0 Å². The van der Waals surface area contributed by atoms with Crippen molar-refractivity contribution in [2.75, 3.05) is 32.7 Å². The molecule has 0 radical (unpaired) electrons. The molecule has 3 rings (SSSR count). The van der Waals surface area contributed by atoms with Crippen LogP contribution in [-0.2, 0) is 33.2 Å². The molecule has 0 aromatic heterocycles. The lowest BCUT2D eigenvalue weighted by Gasteiger charge is -2.45. The zero-order valence-electron chi connectivity index (χ0n) is 13.1. The molecule has 0 spiro atoms. The molecule has 0 saturated carbocycles. The SMILES string of the molecule is CC1(CCCOS(C)(=O)=O)OCC2(C3OCCO3)CCC1O2. The summed E-state index contributed by atoms with van der Waals surface area (Å²) in [6.45, 7) is 3.83. The first kappa shape index (κ1) is 16.6. The van der Waals surface area contributed by atoms with Crippen LogP contribution in [0, 0.1) is 0 Å². The van der Waals surface area contributed by atoms with E-state index in [-0.39, 0.29) is 19.0 Å². The summed E-state index contributed by atoms with van der Waals surface area (Å²) in [4.78, 5) is 0. The lowest BCUT2D eigenvalue weighted by molar-refractivity contribution is -0.295. The molecule has 3 fully saturated rings. The number of rotatable bonds is 6. The maximum atomic E-state index is 11.0. The van der Waals surface area contributed by atoms with E-state index < -0.39 is 21.3 Å². The van der Waals surface area contributed by atoms with Crippen LogP contribution in [0.1, 0.15) is 32.6 Å². The Morgan fingerprint density at radius 1 is 1.27 bits per heavy atom. The van der Waals surface area contributed by atoms with Gasteiger partial charge in [-0.25, -0.2) is 0 Å². The molecule has 128 valence electrons. The summed E-state index contributed by atoms with van der Waals surface area (Å²) < 4.78 is 50.3. The second-order valence-electron chi connectivity index (χ2n) is 6.51. The Balaban J connectivity index is 1.54. The van der Waals surface area contributed by atoms with Crippen molar-refractivity contribution in [1.82, 2.24) is 0 Å². The molecule has 8 heteroatoms. The lowest BCUT2D eigenvalue weighted by Crippen LogP contribution is -2.57. The second kappa shape index (κ2) is 5.99. The topological polar surface area (TPSA) is 80.3 Å². The average molecular weight is 336 g/mol. The van der Waals surface area contributed by atoms with Crippen LogP contribution in [0.5, 0.6) is 0 Å². The third kappa shape index (κ3) is 3.32. The van der Waals surface area contributed by atoms with Crippen LogP contribution >= 0.6 is 0 Å². The average Bonchev–Trinajstić information content (AvgIpc) is 3.08. The molecule has 3 heterocycles. The standard InChI is InChI=1S/C14H24O7S/c1-13(5-3-7-20-22(2,15)16)11-4-6-14(21-11,10-19-13)12-17-8-9-18-12/h11-12H,3-10H2,1-2H3. The van der Waals surface area contributed by atoms with E-state index >= 15 is 0 Å². The van der Waals surface area contributed by atoms with Gasteiger partial charge >= 0.3 is 0 Å². The van der Waals surface area contributed by atoms with Gasteiger partial charge in [0.2, 0.25) is 0 Å². The van der Waals surface area contributed by atoms with Gasteiger partial charge in [0.25, 0.3) is 10.1 Å². The van der Waals surface area contributed by atoms with Crippen LogP contribution in [0.15, 0.2) is 0 Å². The maximum absolute atomic E-state index is 11.0. The second-order valence-corrected chi connectivity index (χ2v) is 8.16. The van der Waals surface area contributed by atoms with Crippen molar-refractivity contribution >= 4 is 10.1 Å². The summed E-state index contributed by atoms with van der Waals surface area (Å²) in [5.41, 5.74) is -0.899. The van der Waals surface area contributed by atoms with Gasteiger partial charge in [-0.3, -0.25) is 4.18 Å². The third-order valence-electron chi connectivity index (χ3n) is 4.70. The molecule has 0 aromatic carbocycles. The summed E-state index contributed by atoms with van der Waals surface area (Å²) >= 11 is 0. The predicted octanol–water partition coefficient (Wildman–Crippen LogP) is 0.822. The van der Waals surface area contributed by atoms with Crippen LogP contribution in [0.25, 0.3) is 0 Å². The fourth-order valence-corrected chi connectivity index (χ4v) is 3.88. The molecule has 22 heavy (non-hydrogen) atoms. The number of hydrogen-bond donors (Lipinski definition) is 0. The fourth-order valence-electron chi connectivity index (χ4n) is 3.46. The van der Waals surface area contributed by atoms with Crippen molar-refractivity contribution in [2.24, 2.45) is 0 Å². The van der Waals surface area contributed by atoms with Crippen molar-refractivity contribution in [2.45, 2.75) is 56.2 Å². The molecule has 7 nitrogen and oxygen atoms in total. The number of fused-ring (bicyclic) bond motifs is 2. The van der Waals surface area contributed by atoms with Crippen molar-refractivity contribution in [3.63, 3.8) is 0 Å². The first-order valence-corrected chi connectivity index (χ1v) is 9.54. The van der Waals surface area contributed by atoms with Gasteiger partial charge in [0, 0.05) is 0 Å². The van der Waals surface area contributed by atoms with Crippen molar-refractivity contribution in [3.05, 3.63) is 0 Å². The van der Waals surface area contributed by atoms with Gasteiger partial charge in [0.1, 0.15) is 5.60 Å². The van der Waals surface area contributed by atoms with Crippen molar-refractivity contribution < 1.29 is 31.5 Å². The van der Waals surface area contributed by atoms with Gasteiger partial charge in [0.05, 0.1) is 44.4 Å². The molecular formula is C14H24O7S. The quantitative estimate of drug-likeness (QED) is 0.525. The molecule has 3 saturated heterocycles. The van der Waals surface area contributed by atoms with Crippen LogP contribution in [0.3, 0.4) is 0 Å². The molecule has 2 bridgehead atoms.